The van der Waals surface area contributed by atoms with E-state index in [4.69, 9.17) is 9.47 Å². The zero-order valence-electron chi connectivity index (χ0n) is 44.8. The molecule has 0 saturated heterocycles. The number of ether oxygens (including phenoxy) is 2. The number of carbonyl (C=O) groups is 2. The van der Waals surface area contributed by atoms with Crippen molar-refractivity contribution in [1.82, 2.24) is 0 Å². The summed E-state index contributed by atoms with van der Waals surface area (Å²) in [5.41, 5.74) is 5.56. The van der Waals surface area contributed by atoms with E-state index in [1.54, 1.807) is 12.1 Å². The number of aryl methyl sites for hydroxylation is 4. The van der Waals surface area contributed by atoms with Gasteiger partial charge in [-0.05, 0) is 130 Å². The van der Waals surface area contributed by atoms with Crippen LogP contribution in [0, 0.1) is 0 Å². The molecule has 0 aliphatic carbocycles. The van der Waals surface area contributed by atoms with Gasteiger partial charge in [0.15, 0.2) is 0 Å². The summed E-state index contributed by atoms with van der Waals surface area (Å²) in [7, 11) is 0. The second-order valence-electron chi connectivity index (χ2n) is 20.8. The van der Waals surface area contributed by atoms with Crippen molar-refractivity contribution in [1.29, 1.82) is 0 Å². The molecule has 7 aromatic carbocycles. The van der Waals surface area contributed by atoms with Gasteiger partial charge in [0.25, 0.3) is 0 Å². The fourth-order valence-electron chi connectivity index (χ4n) is 11.5. The van der Waals surface area contributed by atoms with Crippen LogP contribution in [0.15, 0.2) is 109 Å². The molecule has 0 aliphatic heterocycles. The van der Waals surface area contributed by atoms with Gasteiger partial charge < -0.3 is 9.47 Å². The molecule has 0 bridgehead atoms. The van der Waals surface area contributed by atoms with Gasteiger partial charge in [-0.1, -0.05) is 241 Å². The molecule has 0 spiro atoms. The first kappa shape index (κ1) is 54.3. The Morgan fingerprint density at radius 2 is 0.556 bits per heavy atom. The molecule has 0 aromatic heterocycles. The molecule has 0 heterocycles. The van der Waals surface area contributed by atoms with Crippen LogP contribution in [-0.2, 0) is 25.7 Å². The van der Waals surface area contributed by atoms with Crippen LogP contribution >= 0.6 is 0 Å². The first-order chi connectivity index (χ1) is 35.5. The van der Waals surface area contributed by atoms with E-state index >= 15 is 0 Å². The Morgan fingerprint density at radius 3 is 0.889 bits per heavy atom. The molecule has 0 N–H and O–H groups in total. The molecule has 0 unspecified atom stereocenters. The summed E-state index contributed by atoms with van der Waals surface area (Å²) in [6.07, 6.45) is 33.0. The highest BCUT2D eigenvalue weighted by Crippen LogP contribution is 2.42. The van der Waals surface area contributed by atoms with Crippen molar-refractivity contribution >= 4 is 55.0 Å². The maximum absolute atomic E-state index is 14.8. The molecule has 0 aliphatic rings. The summed E-state index contributed by atoms with van der Waals surface area (Å²) in [5, 5.41) is 9.49. The van der Waals surface area contributed by atoms with Crippen LogP contribution in [-0.4, -0.2) is 11.9 Å². The van der Waals surface area contributed by atoms with Crippen LogP contribution in [0.25, 0.3) is 43.1 Å². The standard InChI is InChI=1S/C68H86O4/c1-5-9-13-17-21-25-37-53-51-39-29-31-41-55(51)57(43-27-23-19-15-11-7-3)65-59(53)47-35-49-63(65)71-67(69)61-45-33-34-46-62(61)68(70)72-64-50-36-48-60-54(38-26-22-18-14-10-6-2)52-40-30-32-42-56(52)58(66(60)64)44-28-24-20-16-12-8-4/h29-36,39-42,45-50H,5-28,37-38,43-44H2,1-4H3. The maximum atomic E-state index is 14.8. The summed E-state index contributed by atoms with van der Waals surface area (Å²) in [6, 6.07) is 37.2. The number of hydrogen-bond acceptors (Lipinski definition) is 4. The largest absolute Gasteiger partial charge is 0.422 e. The minimum Gasteiger partial charge on any atom is -0.422 e. The summed E-state index contributed by atoms with van der Waals surface area (Å²) < 4.78 is 13.2. The van der Waals surface area contributed by atoms with E-state index in [1.165, 1.54) is 172 Å². The predicted octanol–water partition coefficient (Wildman–Crippen LogP) is 20.3. The van der Waals surface area contributed by atoms with Crippen LogP contribution in [0.1, 0.15) is 225 Å². The summed E-state index contributed by atoms with van der Waals surface area (Å²) in [5.74, 6) is -0.00952. The van der Waals surface area contributed by atoms with E-state index in [2.05, 4.69) is 88.4 Å². The van der Waals surface area contributed by atoms with E-state index in [0.29, 0.717) is 11.5 Å². The Labute approximate surface area is 433 Å². The van der Waals surface area contributed by atoms with Gasteiger partial charge in [0.2, 0.25) is 0 Å². The van der Waals surface area contributed by atoms with E-state index in [1.807, 2.05) is 36.4 Å². The lowest BCUT2D eigenvalue weighted by molar-refractivity contribution is 0.0694. The van der Waals surface area contributed by atoms with Crippen molar-refractivity contribution in [2.45, 2.75) is 207 Å². The summed E-state index contributed by atoms with van der Waals surface area (Å²) in [6.45, 7) is 9.07. The highest BCUT2D eigenvalue weighted by atomic mass is 16.5. The molecule has 0 saturated carbocycles. The second-order valence-corrected chi connectivity index (χ2v) is 20.8. The molecule has 0 radical (unpaired) electrons. The third kappa shape index (κ3) is 14.2. The number of esters is 2. The molecular weight excluding hydrogens is 881 g/mol. The van der Waals surface area contributed by atoms with Crippen LogP contribution in [0.3, 0.4) is 0 Å². The number of unbranched alkanes of at least 4 members (excludes halogenated alkanes) is 20. The van der Waals surface area contributed by atoms with Gasteiger partial charge in [-0.2, -0.15) is 0 Å². The molecule has 0 amide bonds. The van der Waals surface area contributed by atoms with E-state index < -0.39 is 11.9 Å². The lowest BCUT2D eigenvalue weighted by Gasteiger charge is -2.20. The van der Waals surface area contributed by atoms with Crippen molar-refractivity contribution in [3.8, 4) is 11.5 Å². The zero-order chi connectivity index (χ0) is 50.3. The van der Waals surface area contributed by atoms with Crippen molar-refractivity contribution < 1.29 is 19.1 Å². The number of hydrogen-bond donors (Lipinski definition) is 0. The number of benzene rings is 7. The molecule has 382 valence electrons. The van der Waals surface area contributed by atoms with E-state index in [9.17, 15) is 9.59 Å². The lowest BCUT2D eigenvalue weighted by Crippen LogP contribution is -2.18. The smallest absolute Gasteiger partial charge is 0.344 e. The number of carbonyl (C=O) groups excluding carboxylic acids is 2. The zero-order valence-corrected chi connectivity index (χ0v) is 44.8. The molecule has 7 rings (SSSR count). The van der Waals surface area contributed by atoms with E-state index in [0.717, 1.165) is 72.9 Å². The van der Waals surface area contributed by atoms with Crippen LogP contribution in [0.4, 0.5) is 0 Å². The van der Waals surface area contributed by atoms with Crippen LogP contribution in [0.2, 0.25) is 0 Å². The van der Waals surface area contributed by atoms with Crippen molar-refractivity contribution in [3.63, 3.8) is 0 Å². The molecule has 7 aromatic rings. The summed E-state index contributed by atoms with van der Waals surface area (Å²) >= 11 is 0. The third-order valence-electron chi connectivity index (χ3n) is 15.4. The van der Waals surface area contributed by atoms with Crippen molar-refractivity contribution in [2.24, 2.45) is 0 Å². The Kier molecular flexibility index (Phi) is 22.1. The molecule has 72 heavy (non-hydrogen) atoms. The number of fused-ring (bicyclic) bond motifs is 4. The Balaban J connectivity index is 1.23. The molecule has 0 fully saturated rings. The molecule has 0 atom stereocenters. The van der Waals surface area contributed by atoms with Gasteiger partial charge in [0.05, 0.1) is 11.1 Å². The minimum atomic E-state index is -0.555. The predicted molar refractivity (Wildman–Crippen MR) is 308 cm³/mol. The lowest BCUT2D eigenvalue weighted by atomic mass is 9.87. The maximum Gasteiger partial charge on any atom is 0.344 e. The number of rotatable bonds is 32. The highest BCUT2D eigenvalue weighted by Gasteiger charge is 2.25. The molecule has 4 heteroatoms. The average Bonchev–Trinajstić information content (AvgIpc) is 3.40. The quantitative estimate of drug-likeness (QED) is 0.0183. The SMILES string of the molecule is CCCCCCCCc1c2ccccc2c(CCCCCCCC)c2c(OC(=O)c3ccccc3C(=O)Oc3cccc4c(CCCCCCCC)c5ccccc5c(CCCCCCCC)c34)cccc12. The van der Waals surface area contributed by atoms with E-state index in [-0.39, 0.29) is 11.1 Å². The first-order valence-corrected chi connectivity index (χ1v) is 28.9. The van der Waals surface area contributed by atoms with Crippen molar-refractivity contribution in [2.75, 3.05) is 0 Å². The monoisotopic (exact) mass is 967 g/mol. The van der Waals surface area contributed by atoms with Gasteiger partial charge in [-0.3, -0.25) is 0 Å². The topological polar surface area (TPSA) is 52.6 Å². The normalized spacial score (nSPS) is 11.6. The molecular formula is C68H86O4. The van der Waals surface area contributed by atoms with Crippen LogP contribution < -0.4 is 9.47 Å². The Hall–Kier alpha value is -5.48. The Morgan fingerprint density at radius 1 is 0.292 bits per heavy atom. The fraction of sp³-hybridized carbons (Fsp3) is 0.471. The van der Waals surface area contributed by atoms with Gasteiger partial charge >= 0.3 is 11.9 Å². The highest BCUT2D eigenvalue weighted by molar-refractivity contribution is 6.12. The van der Waals surface area contributed by atoms with Gasteiger partial charge in [-0.25, -0.2) is 9.59 Å². The summed E-state index contributed by atoms with van der Waals surface area (Å²) in [4.78, 5) is 29.6. The Bertz CT molecular complexity index is 2620. The second kappa shape index (κ2) is 29.3. The minimum absolute atomic E-state index is 0.201. The molecule has 4 nitrogen and oxygen atoms in total. The first-order valence-electron chi connectivity index (χ1n) is 28.9. The van der Waals surface area contributed by atoms with Crippen molar-refractivity contribution in [3.05, 3.63) is 143 Å². The van der Waals surface area contributed by atoms with Gasteiger partial charge in [0.1, 0.15) is 11.5 Å². The average molecular weight is 967 g/mol. The van der Waals surface area contributed by atoms with Crippen LogP contribution in [0.5, 0.6) is 11.5 Å². The third-order valence-corrected chi connectivity index (χ3v) is 15.4. The fourth-order valence-corrected chi connectivity index (χ4v) is 11.5. The van der Waals surface area contributed by atoms with Gasteiger partial charge in [0, 0.05) is 10.8 Å². The van der Waals surface area contributed by atoms with Gasteiger partial charge in [-0.15, -0.1) is 0 Å².